The minimum Gasteiger partial charge on any atom is -0.493 e. The Labute approximate surface area is 204 Å². The number of nitrogens with one attached hydrogen (secondary N) is 1. The number of amides is 1. The molecule has 35 heavy (non-hydrogen) atoms. The van der Waals surface area contributed by atoms with Gasteiger partial charge >= 0.3 is 0 Å². The van der Waals surface area contributed by atoms with E-state index in [0.29, 0.717) is 36.3 Å². The van der Waals surface area contributed by atoms with Crippen LogP contribution in [0.5, 0.6) is 11.5 Å². The van der Waals surface area contributed by atoms with Crippen molar-refractivity contribution in [1.82, 2.24) is 0 Å². The van der Waals surface area contributed by atoms with Crippen LogP contribution in [0.25, 0.3) is 0 Å². The van der Waals surface area contributed by atoms with Gasteiger partial charge in [0.25, 0.3) is 0 Å². The third-order valence-electron chi connectivity index (χ3n) is 6.73. The van der Waals surface area contributed by atoms with Crippen molar-refractivity contribution in [2.45, 2.75) is 38.1 Å². The average Bonchev–Trinajstić information content (AvgIpc) is 3.38. The van der Waals surface area contributed by atoms with Gasteiger partial charge in [-0.15, -0.1) is 0 Å². The van der Waals surface area contributed by atoms with E-state index in [1.165, 1.54) is 0 Å². The van der Waals surface area contributed by atoms with E-state index in [-0.39, 0.29) is 17.6 Å². The summed E-state index contributed by atoms with van der Waals surface area (Å²) in [6, 6.07) is 16.4. The number of anilines is 2. The maximum atomic E-state index is 13.8. The number of hydrogen-bond acceptors (Lipinski definition) is 6. The molecule has 3 aromatic rings. The lowest BCUT2D eigenvalue weighted by Gasteiger charge is -2.35. The molecule has 7 heteroatoms. The van der Waals surface area contributed by atoms with Crippen molar-refractivity contribution >= 4 is 23.1 Å². The van der Waals surface area contributed by atoms with E-state index >= 15 is 0 Å². The Morgan fingerprint density at radius 2 is 1.86 bits per heavy atom. The van der Waals surface area contributed by atoms with Crippen LogP contribution in [0.1, 0.15) is 49.5 Å². The number of benzene rings is 2. The molecule has 2 heterocycles. The zero-order chi connectivity index (χ0) is 24.5. The number of nitrogens with zero attached hydrogens (tertiary/aromatic N) is 1. The first-order valence-corrected chi connectivity index (χ1v) is 11.7. The zero-order valence-corrected chi connectivity index (χ0v) is 20.0. The Kier molecular flexibility index (Phi) is 6.07. The topological polar surface area (TPSA) is 81.0 Å². The molecular formula is C28H28N2O5. The van der Waals surface area contributed by atoms with Crippen LogP contribution in [-0.4, -0.2) is 25.9 Å². The molecule has 2 aromatic carbocycles. The first kappa shape index (κ1) is 22.8. The van der Waals surface area contributed by atoms with Gasteiger partial charge < -0.3 is 19.2 Å². The summed E-state index contributed by atoms with van der Waals surface area (Å²) in [5.74, 6) is 1.75. The van der Waals surface area contributed by atoms with Crippen LogP contribution in [0.15, 0.2) is 76.5 Å². The van der Waals surface area contributed by atoms with Crippen LogP contribution in [0.2, 0.25) is 0 Å². The molecule has 2 aliphatic rings. The Hall–Kier alpha value is -4.00. The third-order valence-corrected chi connectivity index (χ3v) is 6.73. The van der Waals surface area contributed by atoms with Gasteiger partial charge in [-0.25, -0.2) is 0 Å². The van der Waals surface area contributed by atoms with Gasteiger partial charge in [0.15, 0.2) is 17.3 Å². The number of fused-ring (bicyclic) bond motifs is 1. The van der Waals surface area contributed by atoms with Crippen LogP contribution in [0.3, 0.4) is 0 Å². The van der Waals surface area contributed by atoms with Gasteiger partial charge in [0, 0.05) is 30.0 Å². The van der Waals surface area contributed by atoms with Crippen LogP contribution in [0, 0.1) is 0 Å². The van der Waals surface area contributed by atoms with Crippen molar-refractivity contribution in [3.63, 3.8) is 0 Å². The molecule has 1 aromatic heterocycles. The standard InChI is InChI=1S/C28H28N2O5/c1-4-26(32)30-21-9-6-5-8-19(21)29-20-14-18(23-10-7-13-35-23)15-22(31)27(20)28(30)17-11-12-24(33-2)25(16-17)34-3/h5-13,16,18,28-29H,4,14-15H2,1-3H3. The van der Waals surface area contributed by atoms with Gasteiger partial charge in [-0.2, -0.15) is 0 Å². The van der Waals surface area contributed by atoms with E-state index in [1.807, 2.05) is 61.5 Å². The van der Waals surface area contributed by atoms with E-state index in [2.05, 4.69) is 5.32 Å². The molecule has 0 radical (unpaired) electrons. The average molecular weight is 473 g/mol. The normalized spacial score (nSPS) is 19.4. The number of allylic oxidation sites excluding steroid dienone is 1. The highest BCUT2D eigenvalue weighted by Crippen LogP contribution is 2.48. The number of Topliss-reactive ketones (excluding diaryl/α,β-unsaturated/α-hetero) is 1. The summed E-state index contributed by atoms with van der Waals surface area (Å²) >= 11 is 0. The fourth-order valence-corrected chi connectivity index (χ4v) is 5.10. The third kappa shape index (κ3) is 3.97. The molecule has 0 fully saturated rings. The van der Waals surface area contributed by atoms with E-state index < -0.39 is 6.04 Å². The van der Waals surface area contributed by atoms with Crippen LogP contribution < -0.4 is 19.7 Å². The summed E-state index contributed by atoms with van der Waals surface area (Å²) in [6.07, 6.45) is 2.83. The monoisotopic (exact) mass is 472 g/mol. The number of methoxy groups -OCH3 is 2. The highest BCUT2D eigenvalue weighted by Gasteiger charge is 2.42. The Morgan fingerprint density at radius 1 is 1.06 bits per heavy atom. The van der Waals surface area contributed by atoms with Gasteiger partial charge in [-0.3, -0.25) is 14.5 Å². The lowest BCUT2D eigenvalue weighted by molar-refractivity contribution is -0.119. The van der Waals surface area contributed by atoms with Crippen molar-refractivity contribution in [2.75, 3.05) is 24.4 Å². The Morgan fingerprint density at radius 3 is 2.57 bits per heavy atom. The van der Waals surface area contributed by atoms with Gasteiger partial charge in [0.2, 0.25) is 5.91 Å². The molecule has 7 nitrogen and oxygen atoms in total. The number of hydrogen-bond donors (Lipinski definition) is 1. The Balaban J connectivity index is 1.74. The van der Waals surface area contributed by atoms with Crippen LogP contribution >= 0.6 is 0 Å². The molecule has 1 N–H and O–H groups in total. The predicted octanol–water partition coefficient (Wildman–Crippen LogP) is 5.61. The minimum absolute atomic E-state index is 0.0124. The largest absolute Gasteiger partial charge is 0.493 e. The molecule has 0 saturated heterocycles. The summed E-state index contributed by atoms with van der Waals surface area (Å²) in [5, 5.41) is 3.51. The van der Waals surface area contributed by atoms with Gasteiger partial charge in [-0.05, 0) is 48.4 Å². The second-order valence-electron chi connectivity index (χ2n) is 8.71. The number of carbonyl (C=O) groups excluding carboxylic acids is 2. The molecule has 5 rings (SSSR count). The molecule has 1 aliphatic carbocycles. The lowest BCUT2D eigenvalue weighted by Crippen LogP contribution is -2.38. The van der Waals surface area contributed by atoms with E-state index in [0.717, 1.165) is 28.4 Å². The molecule has 0 bridgehead atoms. The number of para-hydroxylation sites is 2. The number of ketones is 1. The van der Waals surface area contributed by atoms with Crippen molar-refractivity contribution in [3.05, 3.63) is 83.5 Å². The van der Waals surface area contributed by atoms with Crippen molar-refractivity contribution in [3.8, 4) is 11.5 Å². The summed E-state index contributed by atoms with van der Waals surface area (Å²) in [7, 11) is 3.15. The minimum atomic E-state index is -0.613. The molecule has 180 valence electrons. The van der Waals surface area contributed by atoms with Gasteiger partial charge in [-0.1, -0.05) is 25.1 Å². The highest BCUT2D eigenvalue weighted by molar-refractivity contribution is 6.06. The summed E-state index contributed by atoms with van der Waals surface area (Å²) in [4.78, 5) is 29.0. The fourth-order valence-electron chi connectivity index (χ4n) is 5.10. The van der Waals surface area contributed by atoms with Crippen LogP contribution in [-0.2, 0) is 9.59 Å². The molecule has 2 atom stereocenters. The Bertz CT molecular complexity index is 1290. The molecule has 1 aliphatic heterocycles. The summed E-state index contributed by atoms with van der Waals surface area (Å²) < 4.78 is 16.6. The number of ether oxygens (including phenoxy) is 2. The van der Waals surface area contributed by atoms with Crippen LogP contribution in [0.4, 0.5) is 11.4 Å². The van der Waals surface area contributed by atoms with E-state index in [9.17, 15) is 9.59 Å². The maximum Gasteiger partial charge on any atom is 0.227 e. The lowest BCUT2D eigenvalue weighted by atomic mass is 9.80. The quantitative estimate of drug-likeness (QED) is 0.520. The molecular weight excluding hydrogens is 444 g/mol. The van der Waals surface area contributed by atoms with Gasteiger partial charge in [0.1, 0.15) is 5.76 Å². The molecule has 1 amide bonds. The molecule has 0 saturated carbocycles. The first-order valence-electron chi connectivity index (χ1n) is 11.7. The number of carbonyl (C=O) groups is 2. The SMILES string of the molecule is CCC(=O)N1c2ccccc2NC2=C(C(=O)CC(c3ccco3)C2)C1c1ccc(OC)c(OC)c1. The molecule has 2 unspecified atom stereocenters. The first-order chi connectivity index (χ1) is 17.0. The van der Waals surface area contributed by atoms with Crippen molar-refractivity contribution < 1.29 is 23.5 Å². The number of furan rings is 1. The van der Waals surface area contributed by atoms with E-state index in [4.69, 9.17) is 13.9 Å². The molecule has 0 spiro atoms. The fraction of sp³-hybridized carbons (Fsp3) is 0.286. The second kappa shape index (κ2) is 9.33. The zero-order valence-electron chi connectivity index (χ0n) is 20.0. The highest BCUT2D eigenvalue weighted by atomic mass is 16.5. The predicted molar refractivity (Wildman–Crippen MR) is 133 cm³/mol. The van der Waals surface area contributed by atoms with Crippen molar-refractivity contribution in [1.29, 1.82) is 0 Å². The smallest absolute Gasteiger partial charge is 0.227 e. The summed E-state index contributed by atoms with van der Waals surface area (Å²) in [5.41, 5.74) is 3.70. The number of rotatable bonds is 5. The summed E-state index contributed by atoms with van der Waals surface area (Å²) in [6.45, 7) is 1.83. The van der Waals surface area contributed by atoms with Gasteiger partial charge in [0.05, 0.1) is 37.9 Å². The second-order valence-corrected chi connectivity index (χ2v) is 8.71. The van der Waals surface area contributed by atoms with Crippen molar-refractivity contribution in [2.24, 2.45) is 0 Å². The maximum absolute atomic E-state index is 13.8. The van der Waals surface area contributed by atoms with E-state index in [1.54, 1.807) is 25.4 Å².